The summed E-state index contributed by atoms with van der Waals surface area (Å²) in [5, 5.41) is 0. The normalized spacial score (nSPS) is 14.8. The summed E-state index contributed by atoms with van der Waals surface area (Å²) in [5.41, 5.74) is 1.27. The van der Waals surface area contributed by atoms with Crippen molar-refractivity contribution < 1.29 is 9.59 Å². The molecule has 0 saturated carbocycles. The molecule has 0 bridgehead atoms. The van der Waals surface area contributed by atoms with Crippen LogP contribution in [0.25, 0.3) is 0 Å². The SMILES string of the molecule is CCCCCCC[CH](N1C(=O)c2ccccc2C1=O)[Sn]([CH2]CCC)([CH2]CCC)[CH2]CCC. The number of carbonyl (C=O) groups excluding carboxylic acids is 2. The van der Waals surface area contributed by atoms with E-state index in [4.69, 9.17) is 0 Å². The summed E-state index contributed by atoms with van der Waals surface area (Å²) in [6, 6.07) is 7.51. The maximum absolute atomic E-state index is 13.6. The van der Waals surface area contributed by atoms with Crippen molar-refractivity contribution in [3.63, 3.8) is 0 Å². The first-order valence-electron chi connectivity index (χ1n) is 13.5. The predicted molar refractivity (Wildman–Crippen MR) is 139 cm³/mol. The molecule has 1 aliphatic rings. The molecule has 1 unspecified atom stereocenters. The third-order valence-corrected chi connectivity index (χ3v) is 24.7. The molecular formula is C28H47NO2Sn. The summed E-state index contributed by atoms with van der Waals surface area (Å²) >= 11 is -2.83. The van der Waals surface area contributed by atoms with Crippen LogP contribution in [-0.4, -0.2) is 39.1 Å². The van der Waals surface area contributed by atoms with Crippen molar-refractivity contribution in [2.75, 3.05) is 0 Å². The van der Waals surface area contributed by atoms with Crippen LogP contribution in [0.5, 0.6) is 0 Å². The molecule has 0 saturated heterocycles. The van der Waals surface area contributed by atoms with E-state index in [1.165, 1.54) is 77.5 Å². The number of amides is 2. The first-order chi connectivity index (χ1) is 15.6. The van der Waals surface area contributed by atoms with Gasteiger partial charge in [-0.2, -0.15) is 0 Å². The Morgan fingerprint density at radius 3 is 1.53 bits per heavy atom. The van der Waals surface area contributed by atoms with Gasteiger partial charge in [-0.15, -0.1) is 0 Å². The molecule has 0 spiro atoms. The van der Waals surface area contributed by atoms with Crippen LogP contribution in [0, 0.1) is 0 Å². The van der Waals surface area contributed by atoms with Crippen molar-refractivity contribution in [1.29, 1.82) is 0 Å². The standard InChI is InChI=1S/C16H20NO2.3C4H9.Sn/c1-2-3-4-5-6-9-12-17-15(18)13-10-7-8-11-14(13)16(17)19;3*1-3-4-2;/h7-8,10-12H,2-6,9H2,1H3;3*1,3-4H2,2H3;. The van der Waals surface area contributed by atoms with Crippen molar-refractivity contribution in [3.8, 4) is 0 Å². The molecule has 1 heterocycles. The number of rotatable bonds is 17. The third-order valence-electron chi connectivity index (χ3n) is 7.51. The molecule has 0 N–H and O–H groups in total. The number of hydrogen-bond acceptors (Lipinski definition) is 2. The monoisotopic (exact) mass is 549 g/mol. The quantitative estimate of drug-likeness (QED) is 0.111. The van der Waals surface area contributed by atoms with Gasteiger partial charge in [-0.25, -0.2) is 0 Å². The van der Waals surface area contributed by atoms with E-state index < -0.39 is 18.4 Å². The van der Waals surface area contributed by atoms with Crippen LogP contribution >= 0.6 is 0 Å². The summed E-state index contributed by atoms with van der Waals surface area (Å²) in [7, 11) is 0. The van der Waals surface area contributed by atoms with Crippen molar-refractivity contribution >= 4 is 30.2 Å². The molecule has 0 fully saturated rings. The maximum atomic E-state index is 13.6. The molecule has 0 radical (unpaired) electrons. The zero-order chi connectivity index (χ0) is 23.4. The summed E-state index contributed by atoms with van der Waals surface area (Å²) in [6.45, 7) is 9.12. The van der Waals surface area contributed by atoms with Crippen molar-refractivity contribution in [1.82, 2.24) is 4.90 Å². The second-order valence-electron chi connectivity index (χ2n) is 9.92. The number of fused-ring (bicyclic) bond motifs is 1. The first-order valence-corrected chi connectivity index (χ1v) is 21.2. The third kappa shape index (κ3) is 6.84. The second kappa shape index (κ2) is 14.4. The van der Waals surface area contributed by atoms with E-state index in [-0.39, 0.29) is 15.9 Å². The second-order valence-corrected chi connectivity index (χ2v) is 23.9. The molecule has 1 aromatic carbocycles. The van der Waals surface area contributed by atoms with Crippen molar-refractivity contribution in [2.45, 2.75) is 122 Å². The van der Waals surface area contributed by atoms with E-state index in [0.717, 1.165) is 12.8 Å². The Morgan fingerprint density at radius 1 is 0.656 bits per heavy atom. The van der Waals surface area contributed by atoms with Crippen LogP contribution in [0.3, 0.4) is 0 Å². The van der Waals surface area contributed by atoms with Crippen LogP contribution in [0.15, 0.2) is 24.3 Å². The van der Waals surface area contributed by atoms with Gasteiger partial charge in [-0.1, -0.05) is 0 Å². The number of carbonyl (C=O) groups is 2. The Balaban J connectivity index is 2.43. The Labute approximate surface area is 201 Å². The molecule has 3 nitrogen and oxygen atoms in total. The average molecular weight is 548 g/mol. The number of nitrogens with zero attached hydrogens (tertiary/aromatic N) is 1. The van der Waals surface area contributed by atoms with Crippen molar-refractivity contribution in [3.05, 3.63) is 35.4 Å². The van der Waals surface area contributed by atoms with Crippen LogP contribution in [0.1, 0.15) is 125 Å². The molecule has 0 aromatic heterocycles. The van der Waals surface area contributed by atoms with Gasteiger partial charge in [0.15, 0.2) is 0 Å². The molecule has 1 aliphatic heterocycles. The number of benzene rings is 1. The summed E-state index contributed by atoms with van der Waals surface area (Å²) < 4.78 is 4.22. The molecule has 32 heavy (non-hydrogen) atoms. The zero-order valence-corrected chi connectivity index (χ0v) is 24.1. The van der Waals surface area contributed by atoms with Gasteiger partial charge in [-0.3, -0.25) is 0 Å². The van der Waals surface area contributed by atoms with Crippen molar-refractivity contribution in [2.24, 2.45) is 0 Å². The van der Waals surface area contributed by atoms with E-state index in [1.807, 2.05) is 29.2 Å². The zero-order valence-electron chi connectivity index (χ0n) is 21.3. The molecule has 1 atom stereocenters. The van der Waals surface area contributed by atoms with E-state index in [9.17, 15) is 9.59 Å². The number of unbranched alkanes of at least 4 members (excludes halogenated alkanes) is 7. The van der Waals surface area contributed by atoms with E-state index >= 15 is 0 Å². The van der Waals surface area contributed by atoms with Gasteiger partial charge in [0, 0.05) is 0 Å². The summed E-state index contributed by atoms with van der Waals surface area (Å²) in [4.78, 5) is 29.0. The van der Waals surface area contributed by atoms with Crippen LogP contribution in [0.4, 0.5) is 0 Å². The van der Waals surface area contributed by atoms with E-state index in [0.29, 0.717) is 11.1 Å². The van der Waals surface area contributed by atoms with Crippen LogP contribution in [-0.2, 0) is 0 Å². The fraction of sp³-hybridized carbons (Fsp3) is 0.714. The number of hydrogen-bond donors (Lipinski definition) is 0. The van der Waals surface area contributed by atoms with Gasteiger partial charge in [0.25, 0.3) is 0 Å². The fourth-order valence-corrected chi connectivity index (χ4v) is 24.2. The Kier molecular flexibility index (Phi) is 12.4. The van der Waals surface area contributed by atoms with Gasteiger partial charge in [0.05, 0.1) is 0 Å². The molecule has 0 aliphatic carbocycles. The summed E-state index contributed by atoms with van der Waals surface area (Å²) in [5.74, 6) is -0.00976. The van der Waals surface area contributed by atoms with Gasteiger partial charge in [0.1, 0.15) is 0 Å². The summed E-state index contributed by atoms with van der Waals surface area (Å²) in [6.07, 6.45) is 14.6. The topological polar surface area (TPSA) is 37.4 Å². The Hall–Kier alpha value is -0.841. The predicted octanol–water partition coefficient (Wildman–Crippen LogP) is 8.40. The Morgan fingerprint density at radius 2 is 1.09 bits per heavy atom. The van der Waals surface area contributed by atoms with Gasteiger partial charge in [0.2, 0.25) is 0 Å². The molecule has 2 amide bonds. The molecule has 4 heteroatoms. The minimum absolute atomic E-state index is 0.00488. The van der Waals surface area contributed by atoms with E-state index in [1.54, 1.807) is 0 Å². The Bertz CT molecular complexity index is 660. The number of imide groups is 1. The fourth-order valence-electron chi connectivity index (χ4n) is 5.60. The molecule has 2 rings (SSSR count). The molecular weight excluding hydrogens is 501 g/mol. The molecule has 180 valence electrons. The average Bonchev–Trinajstić information content (AvgIpc) is 3.06. The van der Waals surface area contributed by atoms with Gasteiger partial charge in [-0.05, 0) is 0 Å². The van der Waals surface area contributed by atoms with Gasteiger partial charge < -0.3 is 0 Å². The molecule has 1 aromatic rings. The minimum atomic E-state index is -2.83. The first kappa shape index (κ1) is 27.4. The van der Waals surface area contributed by atoms with Crippen LogP contribution in [0.2, 0.25) is 13.3 Å². The van der Waals surface area contributed by atoms with E-state index in [2.05, 4.69) is 27.7 Å². The van der Waals surface area contributed by atoms with Crippen LogP contribution < -0.4 is 0 Å². The van der Waals surface area contributed by atoms with Gasteiger partial charge >= 0.3 is 202 Å².